The van der Waals surface area contributed by atoms with Crippen LogP contribution in [0.3, 0.4) is 0 Å². The Morgan fingerprint density at radius 1 is 1.24 bits per heavy atom. The van der Waals surface area contributed by atoms with Crippen LogP contribution in [0.25, 0.3) is 0 Å². The van der Waals surface area contributed by atoms with Gasteiger partial charge in [0.15, 0.2) is 0 Å². The molecule has 0 aromatic carbocycles. The molecule has 0 amide bonds. The molecule has 0 saturated heterocycles. The summed E-state index contributed by atoms with van der Waals surface area (Å²) in [6.07, 6.45) is 1.76. The Morgan fingerprint density at radius 3 is 2.24 bits per heavy atom. The van der Waals surface area contributed by atoms with Gasteiger partial charge in [0, 0.05) is 0 Å². The van der Waals surface area contributed by atoms with Crippen molar-refractivity contribution in [2.75, 3.05) is 32.6 Å². The van der Waals surface area contributed by atoms with Crippen molar-refractivity contribution in [2.24, 2.45) is 0 Å². The van der Waals surface area contributed by atoms with Crippen LogP contribution in [0.15, 0.2) is 0 Å². The zero-order valence-electron chi connectivity index (χ0n) is 9.68. The van der Waals surface area contributed by atoms with E-state index in [1.165, 1.54) is 11.8 Å². The van der Waals surface area contributed by atoms with E-state index < -0.39 is 38.2 Å². The van der Waals surface area contributed by atoms with E-state index in [1.54, 1.807) is 13.2 Å². The number of aliphatic hydroxyl groups excluding tert-OH is 1. The number of aliphatic hydroxyl groups is 1. The lowest BCUT2D eigenvalue weighted by atomic mass is 10.3. The van der Waals surface area contributed by atoms with Crippen LogP contribution in [0.2, 0.25) is 0 Å². The molecule has 0 heterocycles. The summed E-state index contributed by atoms with van der Waals surface area (Å²) in [4.78, 5) is 0. The van der Waals surface area contributed by atoms with E-state index in [1.807, 2.05) is 0 Å². The van der Waals surface area contributed by atoms with Gasteiger partial charge in [-0.05, 0) is 13.2 Å². The first kappa shape index (κ1) is 16.9. The van der Waals surface area contributed by atoms with Gasteiger partial charge in [-0.2, -0.15) is 0 Å². The first-order valence-electron chi connectivity index (χ1n) is 4.93. The molecule has 0 aliphatic carbocycles. The Bertz CT molecular complexity index is 219. The Hall–Kier alpha value is -0.0500. The fourth-order valence-corrected chi connectivity index (χ4v) is 1.07. The van der Waals surface area contributed by atoms with Crippen LogP contribution in [-0.2, 0) is 4.74 Å². The number of nitrogens with one attached hydrogen (secondary N) is 1. The minimum absolute atomic E-state index is 0.153. The average molecular weight is 279 g/mol. The maximum absolute atomic E-state index is 13.1. The highest BCUT2D eigenvalue weighted by Gasteiger charge is 2.33. The topological polar surface area (TPSA) is 41.5 Å². The van der Waals surface area contributed by atoms with Crippen molar-refractivity contribution in [2.45, 2.75) is 24.1 Å². The number of alkyl halides is 4. The molecule has 0 aromatic rings. The molecule has 8 heteroatoms. The van der Waals surface area contributed by atoms with Crippen LogP contribution in [-0.4, -0.2) is 54.9 Å². The van der Waals surface area contributed by atoms with Gasteiger partial charge < -0.3 is 9.84 Å². The first-order valence-corrected chi connectivity index (χ1v) is 6.22. The lowest BCUT2D eigenvalue weighted by Gasteiger charge is -2.21. The summed E-state index contributed by atoms with van der Waals surface area (Å²) in [6, 6.07) is 0. The molecule has 2 N–H and O–H groups in total. The molecule has 0 spiro atoms. The third-order valence-electron chi connectivity index (χ3n) is 1.86. The fraction of sp³-hybridized carbons (Fsp3) is 1.00. The number of thioether (sulfide) groups is 1. The van der Waals surface area contributed by atoms with Crippen molar-refractivity contribution in [3.05, 3.63) is 0 Å². The second-order valence-corrected chi connectivity index (χ2v) is 4.80. The third-order valence-corrected chi connectivity index (χ3v) is 2.73. The summed E-state index contributed by atoms with van der Waals surface area (Å²) >= 11 is 1.36. The van der Waals surface area contributed by atoms with Crippen molar-refractivity contribution in [3.63, 3.8) is 0 Å². The standard InChI is InChI=1S/C9H17F4NO2S/c1-7(17-2)14-3-8(10,11)5-16-6-9(12,13)4-15/h7,14-15H,3-6H2,1-2H3. The second-order valence-electron chi connectivity index (χ2n) is 3.62. The Balaban J connectivity index is 3.85. The highest BCUT2D eigenvalue weighted by atomic mass is 32.2. The van der Waals surface area contributed by atoms with Crippen molar-refractivity contribution >= 4 is 11.8 Å². The predicted octanol–water partition coefficient (Wildman–Crippen LogP) is 1.56. The van der Waals surface area contributed by atoms with Crippen LogP contribution < -0.4 is 5.32 Å². The average Bonchev–Trinajstić information content (AvgIpc) is 2.25. The van der Waals surface area contributed by atoms with Crippen molar-refractivity contribution < 1.29 is 27.4 Å². The Kier molecular flexibility index (Phi) is 7.38. The zero-order chi connectivity index (χ0) is 13.5. The van der Waals surface area contributed by atoms with Gasteiger partial charge in [0.1, 0.15) is 19.8 Å². The second kappa shape index (κ2) is 7.40. The summed E-state index contributed by atoms with van der Waals surface area (Å²) in [5.74, 6) is -6.69. The summed E-state index contributed by atoms with van der Waals surface area (Å²) in [6.45, 7) is -2.66. The molecule has 0 saturated carbocycles. The molecule has 0 aromatic heterocycles. The van der Waals surface area contributed by atoms with Gasteiger partial charge >= 0.3 is 0 Å². The summed E-state index contributed by atoms with van der Waals surface area (Å²) in [5, 5.41) is 10.6. The van der Waals surface area contributed by atoms with E-state index in [2.05, 4.69) is 10.1 Å². The fourth-order valence-electron chi connectivity index (χ4n) is 0.823. The predicted molar refractivity (Wildman–Crippen MR) is 58.8 cm³/mol. The number of hydrogen-bond donors (Lipinski definition) is 2. The van der Waals surface area contributed by atoms with E-state index in [0.717, 1.165) is 0 Å². The highest BCUT2D eigenvalue weighted by molar-refractivity contribution is 7.99. The smallest absolute Gasteiger partial charge is 0.293 e. The highest BCUT2D eigenvalue weighted by Crippen LogP contribution is 2.17. The number of rotatable bonds is 9. The minimum Gasteiger partial charge on any atom is -0.390 e. The van der Waals surface area contributed by atoms with Gasteiger partial charge in [-0.25, -0.2) is 17.6 Å². The number of ether oxygens (including phenoxy) is 1. The van der Waals surface area contributed by atoms with Crippen LogP contribution in [0, 0.1) is 0 Å². The van der Waals surface area contributed by atoms with Gasteiger partial charge in [-0.3, -0.25) is 5.32 Å². The summed E-state index contributed by atoms with van der Waals surface area (Å²) in [7, 11) is 0. The molecule has 0 aliphatic heterocycles. The van der Waals surface area contributed by atoms with Gasteiger partial charge in [0.2, 0.25) is 0 Å². The maximum Gasteiger partial charge on any atom is 0.293 e. The molecule has 0 bridgehead atoms. The summed E-state index contributed by atoms with van der Waals surface area (Å²) in [5.41, 5.74) is 0. The zero-order valence-corrected chi connectivity index (χ0v) is 10.5. The Morgan fingerprint density at radius 2 is 1.76 bits per heavy atom. The van der Waals surface area contributed by atoms with Gasteiger partial charge in [0.25, 0.3) is 11.8 Å². The SMILES string of the molecule is CSC(C)NCC(F)(F)COCC(F)(F)CO. The Labute approximate surface area is 102 Å². The molecule has 3 nitrogen and oxygen atoms in total. The molecule has 104 valence electrons. The van der Waals surface area contributed by atoms with Gasteiger partial charge in [0.05, 0.1) is 11.9 Å². The molecule has 0 rings (SSSR count). The van der Waals surface area contributed by atoms with E-state index >= 15 is 0 Å². The van der Waals surface area contributed by atoms with E-state index in [4.69, 9.17) is 5.11 Å². The number of halogens is 4. The van der Waals surface area contributed by atoms with E-state index in [0.29, 0.717) is 0 Å². The lowest BCUT2D eigenvalue weighted by Crippen LogP contribution is -2.41. The molecule has 0 fully saturated rings. The lowest BCUT2D eigenvalue weighted by molar-refractivity contribution is -0.142. The monoisotopic (exact) mass is 279 g/mol. The molecule has 0 aliphatic rings. The van der Waals surface area contributed by atoms with Gasteiger partial charge in [-0.15, -0.1) is 11.8 Å². The van der Waals surface area contributed by atoms with Gasteiger partial charge in [-0.1, -0.05) is 0 Å². The quantitative estimate of drug-likeness (QED) is 0.496. The summed E-state index contributed by atoms with van der Waals surface area (Å²) < 4.78 is 55.3. The van der Waals surface area contributed by atoms with Crippen LogP contribution in [0.1, 0.15) is 6.92 Å². The molecular weight excluding hydrogens is 262 g/mol. The maximum atomic E-state index is 13.1. The first-order chi connectivity index (χ1) is 7.72. The minimum atomic E-state index is -3.48. The largest absolute Gasteiger partial charge is 0.390 e. The van der Waals surface area contributed by atoms with E-state index in [-0.39, 0.29) is 5.37 Å². The number of hydrogen-bond acceptors (Lipinski definition) is 4. The van der Waals surface area contributed by atoms with Crippen LogP contribution in [0.4, 0.5) is 17.6 Å². The van der Waals surface area contributed by atoms with Crippen LogP contribution in [0.5, 0.6) is 0 Å². The molecule has 1 unspecified atom stereocenters. The molecule has 17 heavy (non-hydrogen) atoms. The van der Waals surface area contributed by atoms with E-state index in [9.17, 15) is 17.6 Å². The third kappa shape index (κ3) is 8.64. The van der Waals surface area contributed by atoms with Crippen molar-refractivity contribution in [1.82, 2.24) is 5.32 Å². The molecular formula is C9H17F4NO2S. The van der Waals surface area contributed by atoms with Crippen molar-refractivity contribution in [1.29, 1.82) is 0 Å². The van der Waals surface area contributed by atoms with Crippen LogP contribution >= 0.6 is 11.8 Å². The van der Waals surface area contributed by atoms with Crippen molar-refractivity contribution in [3.8, 4) is 0 Å². The normalized spacial score (nSPS) is 15.0. The molecule has 0 radical (unpaired) electrons. The molecule has 1 atom stereocenters.